The van der Waals surface area contributed by atoms with Crippen LogP contribution in [-0.4, -0.2) is 28.0 Å². The fourth-order valence-corrected chi connectivity index (χ4v) is 4.43. The number of fused-ring (bicyclic) bond motifs is 3. The molecule has 0 radical (unpaired) electrons. The summed E-state index contributed by atoms with van der Waals surface area (Å²) in [5.41, 5.74) is 8.48. The Morgan fingerprint density at radius 2 is 1.92 bits per heavy atom. The summed E-state index contributed by atoms with van der Waals surface area (Å²) in [6.45, 7) is 5.29. The molecule has 0 spiro atoms. The molecular formula is C21H21N3. The van der Waals surface area contributed by atoms with Crippen LogP contribution in [-0.2, 0) is 13.1 Å². The lowest BCUT2D eigenvalue weighted by atomic mass is 9.89. The number of hydrogen-bond acceptors (Lipinski definition) is 2. The van der Waals surface area contributed by atoms with Crippen LogP contribution >= 0.6 is 0 Å². The molecule has 3 aromatic rings. The second-order valence-corrected chi connectivity index (χ2v) is 7.20. The molecule has 1 aromatic carbocycles. The average molecular weight is 315 g/mol. The maximum Gasteiger partial charge on any atom is 0.0489 e. The van der Waals surface area contributed by atoms with E-state index in [9.17, 15) is 0 Å². The maximum atomic E-state index is 4.17. The first-order valence-electron chi connectivity index (χ1n) is 8.62. The van der Waals surface area contributed by atoms with Crippen molar-refractivity contribution in [2.45, 2.75) is 25.9 Å². The van der Waals surface area contributed by atoms with Gasteiger partial charge in [-0.1, -0.05) is 17.7 Å². The number of nitrogens with zero attached hydrogens (tertiary/aromatic N) is 3. The van der Waals surface area contributed by atoms with E-state index in [1.54, 1.807) is 0 Å². The highest BCUT2D eigenvalue weighted by molar-refractivity contribution is 5.88. The van der Waals surface area contributed by atoms with Crippen LogP contribution in [0.3, 0.4) is 0 Å². The fraction of sp³-hybridized carbons (Fsp3) is 0.286. The fourth-order valence-electron chi connectivity index (χ4n) is 4.43. The molecule has 3 heteroatoms. The quantitative estimate of drug-likeness (QED) is 0.677. The molecule has 4 heterocycles. The maximum absolute atomic E-state index is 4.17. The Morgan fingerprint density at radius 1 is 1.08 bits per heavy atom. The second kappa shape index (κ2) is 5.05. The van der Waals surface area contributed by atoms with Crippen LogP contribution in [0.5, 0.6) is 0 Å². The van der Waals surface area contributed by atoms with Crippen molar-refractivity contribution in [2.75, 3.05) is 13.6 Å². The van der Waals surface area contributed by atoms with Gasteiger partial charge in [0.1, 0.15) is 0 Å². The van der Waals surface area contributed by atoms with E-state index in [-0.39, 0.29) is 0 Å². The van der Waals surface area contributed by atoms with Gasteiger partial charge in [0.2, 0.25) is 0 Å². The Hall–Kier alpha value is -2.39. The van der Waals surface area contributed by atoms with Crippen LogP contribution in [0.25, 0.3) is 16.5 Å². The minimum atomic E-state index is 0.475. The first-order chi connectivity index (χ1) is 11.7. The molecular weight excluding hydrogens is 294 g/mol. The third-order valence-corrected chi connectivity index (χ3v) is 5.44. The lowest BCUT2D eigenvalue weighted by Gasteiger charge is -2.33. The molecule has 5 rings (SSSR count). The third-order valence-electron chi connectivity index (χ3n) is 5.44. The molecule has 0 aliphatic carbocycles. The molecule has 0 saturated carbocycles. The van der Waals surface area contributed by atoms with Crippen LogP contribution < -0.4 is 0 Å². The van der Waals surface area contributed by atoms with Gasteiger partial charge in [-0.05, 0) is 54.9 Å². The van der Waals surface area contributed by atoms with Crippen molar-refractivity contribution in [1.82, 2.24) is 14.5 Å². The van der Waals surface area contributed by atoms with Crippen molar-refractivity contribution < 1.29 is 0 Å². The molecule has 0 bridgehead atoms. The van der Waals surface area contributed by atoms with Crippen LogP contribution in [0.4, 0.5) is 0 Å². The number of rotatable bonds is 1. The molecule has 24 heavy (non-hydrogen) atoms. The molecule has 0 N–H and O–H groups in total. The van der Waals surface area contributed by atoms with Crippen molar-refractivity contribution in [3.63, 3.8) is 0 Å². The van der Waals surface area contributed by atoms with Gasteiger partial charge in [0.25, 0.3) is 0 Å². The first-order valence-corrected chi connectivity index (χ1v) is 8.62. The van der Waals surface area contributed by atoms with Crippen molar-refractivity contribution in [3.8, 4) is 0 Å². The zero-order chi connectivity index (χ0) is 16.3. The van der Waals surface area contributed by atoms with E-state index in [0.717, 1.165) is 19.6 Å². The zero-order valence-corrected chi connectivity index (χ0v) is 14.2. The summed E-state index contributed by atoms with van der Waals surface area (Å²) in [4.78, 5) is 6.62. The van der Waals surface area contributed by atoms with Gasteiger partial charge in [0.05, 0.1) is 0 Å². The number of hydrogen-bond donors (Lipinski definition) is 0. The van der Waals surface area contributed by atoms with Crippen molar-refractivity contribution in [2.24, 2.45) is 0 Å². The van der Waals surface area contributed by atoms with Gasteiger partial charge in [-0.15, -0.1) is 0 Å². The van der Waals surface area contributed by atoms with Crippen molar-refractivity contribution in [3.05, 3.63) is 71.2 Å². The number of allylic oxidation sites excluding steroid dienone is 1. The van der Waals surface area contributed by atoms with Crippen LogP contribution in [0.1, 0.15) is 28.3 Å². The van der Waals surface area contributed by atoms with E-state index < -0.39 is 0 Å². The number of aromatic nitrogens is 2. The monoisotopic (exact) mass is 315 g/mol. The van der Waals surface area contributed by atoms with Crippen LogP contribution in [0, 0.1) is 6.92 Å². The smallest absolute Gasteiger partial charge is 0.0489 e. The van der Waals surface area contributed by atoms with Gasteiger partial charge in [-0.3, -0.25) is 4.98 Å². The van der Waals surface area contributed by atoms with Crippen molar-refractivity contribution >= 4 is 16.5 Å². The average Bonchev–Trinajstić information content (AvgIpc) is 2.90. The molecule has 0 amide bonds. The summed E-state index contributed by atoms with van der Waals surface area (Å²) in [5.74, 6) is 0.475. The summed E-state index contributed by atoms with van der Waals surface area (Å²) in [7, 11) is 2.23. The summed E-state index contributed by atoms with van der Waals surface area (Å²) < 4.78 is 2.55. The molecule has 2 aromatic heterocycles. The Balaban J connectivity index is 1.75. The number of aryl methyl sites for hydroxylation is 1. The summed E-state index contributed by atoms with van der Waals surface area (Å²) in [6, 6.07) is 11.1. The zero-order valence-electron chi connectivity index (χ0n) is 14.2. The van der Waals surface area contributed by atoms with E-state index in [4.69, 9.17) is 0 Å². The summed E-state index contributed by atoms with van der Waals surface area (Å²) in [6.07, 6.45) is 6.26. The Kier molecular flexibility index (Phi) is 2.95. The second-order valence-electron chi connectivity index (χ2n) is 7.20. The largest absolute Gasteiger partial charge is 0.339 e. The minimum absolute atomic E-state index is 0.475. The normalized spacial score (nSPS) is 20.1. The van der Waals surface area contributed by atoms with Gasteiger partial charge >= 0.3 is 0 Å². The SMILES string of the molecule is Cc1ccc2c(c1)c1c3n2CC(c2ccncc2)=CC3CN(C)C1. The Labute approximate surface area is 142 Å². The van der Waals surface area contributed by atoms with Gasteiger partial charge in [-0.2, -0.15) is 0 Å². The predicted octanol–water partition coefficient (Wildman–Crippen LogP) is 3.97. The predicted molar refractivity (Wildman–Crippen MR) is 98.0 cm³/mol. The minimum Gasteiger partial charge on any atom is -0.339 e. The number of benzene rings is 1. The highest BCUT2D eigenvalue weighted by Gasteiger charge is 2.32. The summed E-state index contributed by atoms with van der Waals surface area (Å²) in [5, 5.41) is 1.44. The van der Waals surface area contributed by atoms with Gasteiger partial charge in [0.15, 0.2) is 0 Å². The van der Waals surface area contributed by atoms with E-state index in [1.165, 1.54) is 38.9 Å². The summed E-state index contributed by atoms with van der Waals surface area (Å²) >= 11 is 0. The molecule has 0 fully saturated rings. The lowest BCUT2D eigenvalue weighted by Crippen LogP contribution is -2.32. The van der Waals surface area contributed by atoms with Crippen LogP contribution in [0.15, 0.2) is 48.8 Å². The Bertz CT molecular complexity index is 966. The van der Waals surface area contributed by atoms with Crippen molar-refractivity contribution in [1.29, 1.82) is 0 Å². The standard InChI is InChI=1S/C21H21N3/c1-14-3-4-20-18(9-14)19-13-23(2)11-17-10-16(12-24(20)21(17)19)15-5-7-22-8-6-15/h3-10,17H,11-13H2,1-2H3. The van der Waals surface area contributed by atoms with E-state index in [2.05, 4.69) is 64.8 Å². The van der Waals surface area contributed by atoms with Gasteiger partial charge in [0, 0.05) is 54.5 Å². The Morgan fingerprint density at radius 3 is 2.75 bits per heavy atom. The molecule has 0 saturated heterocycles. The molecule has 3 nitrogen and oxygen atoms in total. The van der Waals surface area contributed by atoms with Gasteiger partial charge < -0.3 is 9.47 Å². The topological polar surface area (TPSA) is 21.1 Å². The first kappa shape index (κ1) is 14.0. The number of likely N-dealkylation sites (N-methyl/N-ethyl adjacent to an activating group) is 1. The molecule has 2 aliphatic rings. The number of pyridine rings is 1. The molecule has 1 atom stereocenters. The molecule has 2 aliphatic heterocycles. The van der Waals surface area contributed by atoms with Crippen LogP contribution in [0.2, 0.25) is 0 Å². The lowest BCUT2D eigenvalue weighted by molar-refractivity contribution is 0.292. The highest BCUT2D eigenvalue weighted by atomic mass is 15.1. The van der Waals surface area contributed by atoms with E-state index in [0.29, 0.717) is 5.92 Å². The van der Waals surface area contributed by atoms with E-state index >= 15 is 0 Å². The molecule has 1 unspecified atom stereocenters. The third kappa shape index (κ3) is 1.98. The highest BCUT2D eigenvalue weighted by Crippen LogP contribution is 2.42. The van der Waals surface area contributed by atoms with E-state index in [1.807, 2.05) is 12.4 Å². The van der Waals surface area contributed by atoms with Gasteiger partial charge in [-0.25, -0.2) is 0 Å². The molecule has 120 valence electrons.